The van der Waals surface area contributed by atoms with Crippen molar-refractivity contribution < 1.29 is 29.0 Å². The number of carboxylic acid groups (broad SMARTS) is 1. The fraction of sp³-hybridized carbons (Fsp3) is 0.375. The number of imidazole rings is 1. The van der Waals surface area contributed by atoms with Crippen LogP contribution in [-0.4, -0.2) is 52.1 Å². The van der Waals surface area contributed by atoms with Crippen molar-refractivity contribution in [1.82, 2.24) is 20.2 Å². The molecule has 5 N–H and O–H groups in total. The molecule has 1 unspecified atom stereocenters. The quantitative estimate of drug-likeness (QED) is 0.388. The second-order valence-corrected chi connectivity index (χ2v) is 8.66. The average Bonchev–Trinajstić information content (AvgIpc) is 3.59. The number of nitrogens with two attached hydrogens (primary N) is 1. The number of benzene rings is 1. The number of carboxylic acids is 1. The van der Waals surface area contributed by atoms with Crippen LogP contribution < -0.4 is 16.4 Å². The Hall–Kier alpha value is -4.15. The minimum absolute atomic E-state index is 0.178. The minimum atomic E-state index is -1.07. The highest BCUT2D eigenvalue weighted by molar-refractivity contribution is 5.98. The Labute approximate surface area is 201 Å². The molecule has 35 heavy (non-hydrogen) atoms. The summed E-state index contributed by atoms with van der Waals surface area (Å²) in [6, 6.07) is 5.27. The van der Waals surface area contributed by atoms with E-state index in [1.165, 1.54) is 7.11 Å². The Morgan fingerprint density at radius 3 is 2.69 bits per heavy atom. The molecule has 1 heterocycles. The van der Waals surface area contributed by atoms with Crippen LogP contribution in [0.2, 0.25) is 0 Å². The number of amides is 2. The maximum atomic E-state index is 12.7. The first kappa shape index (κ1) is 24.0. The zero-order chi connectivity index (χ0) is 25.2. The molecule has 1 aromatic carbocycles. The summed E-state index contributed by atoms with van der Waals surface area (Å²) >= 11 is 0. The largest absolute Gasteiger partial charge is 0.481 e. The van der Waals surface area contributed by atoms with Gasteiger partial charge in [-0.15, -0.1) is 0 Å². The van der Waals surface area contributed by atoms with Crippen molar-refractivity contribution in [3.8, 4) is 0 Å². The smallest absolute Gasteiger partial charge is 0.325 e. The van der Waals surface area contributed by atoms with Gasteiger partial charge in [-0.2, -0.15) is 0 Å². The Balaban J connectivity index is 1.73. The third-order valence-corrected chi connectivity index (χ3v) is 5.98. The van der Waals surface area contributed by atoms with Gasteiger partial charge in [-0.1, -0.05) is 6.08 Å². The van der Waals surface area contributed by atoms with E-state index in [1.54, 1.807) is 30.4 Å². The molecule has 1 atom stereocenters. The molecule has 2 aromatic rings. The number of carbonyl (C=O) groups excluding carboxylic acids is 3. The lowest BCUT2D eigenvalue weighted by Gasteiger charge is -2.33. The fourth-order valence-corrected chi connectivity index (χ4v) is 4.19. The fourth-order valence-electron chi connectivity index (χ4n) is 4.19. The van der Waals surface area contributed by atoms with Crippen LogP contribution in [0.5, 0.6) is 0 Å². The molecule has 1 fully saturated rings. The average molecular weight is 482 g/mol. The number of ether oxygens (including phenoxy) is 1. The van der Waals surface area contributed by atoms with Gasteiger partial charge in [-0.05, 0) is 49.6 Å². The summed E-state index contributed by atoms with van der Waals surface area (Å²) in [5.74, 6) is -1.92. The number of carbonyl (C=O) groups is 4. The minimum Gasteiger partial charge on any atom is -0.481 e. The Morgan fingerprint density at radius 1 is 1.26 bits per heavy atom. The molecule has 11 nitrogen and oxygen atoms in total. The first-order chi connectivity index (χ1) is 16.7. The van der Waals surface area contributed by atoms with E-state index >= 15 is 0 Å². The van der Waals surface area contributed by atoms with Gasteiger partial charge in [0.25, 0.3) is 5.91 Å². The van der Waals surface area contributed by atoms with Gasteiger partial charge in [0.15, 0.2) is 0 Å². The number of fused-ring (bicyclic) bond motifs is 1. The van der Waals surface area contributed by atoms with Gasteiger partial charge in [-0.25, -0.2) is 4.98 Å². The molecule has 0 radical (unpaired) electrons. The van der Waals surface area contributed by atoms with Crippen LogP contribution in [0, 0.1) is 0 Å². The molecule has 1 saturated carbocycles. The summed E-state index contributed by atoms with van der Waals surface area (Å²) in [7, 11) is 1.24. The molecule has 2 aliphatic carbocycles. The summed E-state index contributed by atoms with van der Waals surface area (Å²) in [5.41, 5.74) is 7.18. The molecule has 4 rings (SSSR count). The molecule has 1 aromatic heterocycles. The van der Waals surface area contributed by atoms with Crippen LogP contribution in [0.15, 0.2) is 42.1 Å². The van der Waals surface area contributed by atoms with E-state index in [9.17, 15) is 19.2 Å². The normalized spacial score (nSPS) is 19.2. The number of methoxy groups -OCH3 is 1. The topological polar surface area (TPSA) is 166 Å². The van der Waals surface area contributed by atoms with Gasteiger partial charge in [0, 0.05) is 23.7 Å². The Kier molecular flexibility index (Phi) is 6.59. The van der Waals surface area contributed by atoms with Crippen LogP contribution in [0.3, 0.4) is 0 Å². The zero-order valence-electron chi connectivity index (χ0n) is 19.2. The van der Waals surface area contributed by atoms with E-state index in [0.717, 1.165) is 18.4 Å². The van der Waals surface area contributed by atoms with Crippen molar-refractivity contribution in [3.63, 3.8) is 0 Å². The Bertz CT molecular complexity index is 1260. The third kappa shape index (κ3) is 5.18. The number of rotatable bonds is 9. The number of hydrogen-bond donors (Lipinski definition) is 4. The van der Waals surface area contributed by atoms with E-state index < -0.39 is 29.3 Å². The summed E-state index contributed by atoms with van der Waals surface area (Å²) in [5, 5.41) is 14.4. The summed E-state index contributed by atoms with van der Waals surface area (Å²) in [4.78, 5) is 52.4. The molecule has 2 aliphatic rings. The van der Waals surface area contributed by atoms with E-state index in [4.69, 9.17) is 15.8 Å². The van der Waals surface area contributed by atoms with Gasteiger partial charge in [0.1, 0.15) is 17.9 Å². The predicted octanol–water partition coefficient (Wildman–Crippen LogP) is 1.25. The van der Waals surface area contributed by atoms with Gasteiger partial charge >= 0.3 is 11.9 Å². The van der Waals surface area contributed by atoms with E-state index in [0.29, 0.717) is 29.0 Å². The first-order valence-corrected chi connectivity index (χ1v) is 11.3. The third-order valence-electron chi connectivity index (χ3n) is 5.98. The second kappa shape index (κ2) is 9.61. The molecule has 0 saturated heterocycles. The van der Waals surface area contributed by atoms with Gasteiger partial charge in [0.2, 0.25) is 5.91 Å². The van der Waals surface area contributed by atoms with Crippen molar-refractivity contribution in [1.29, 1.82) is 0 Å². The van der Waals surface area contributed by atoms with Crippen LogP contribution >= 0.6 is 0 Å². The monoisotopic (exact) mass is 481 g/mol. The summed E-state index contributed by atoms with van der Waals surface area (Å²) in [6.45, 7) is -0.253. The van der Waals surface area contributed by atoms with Crippen LogP contribution in [0.25, 0.3) is 11.0 Å². The maximum Gasteiger partial charge on any atom is 0.325 e. The molecular weight excluding hydrogens is 454 g/mol. The van der Waals surface area contributed by atoms with Crippen molar-refractivity contribution in [3.05, 3.63) is 53.5 Å². The highest BCUT2D eigenvalue weighted by Gasteiger charge is 2.41. The molecule has 2 amide bonds. The van der Waals surface area contributed by atoms with Crippen molar-refractivity contribution in [2.24, 2.45) is 5.73 Å². The molecule has 0 spiro atoms. The van der Waals surface area contributed by atoms with E-state index in [1.807, 2.05) is 6.08 Å². The van der Waals surface area contributed by atoms with E-state index in [2.05, 4.69) is 19.9 Å². The van der Waals surface area contributed by atoms with Gasteiger partial charge in [-0.3, -0.25) is 19.2 Å². The number of nitrogens with zero attached hydrogens (tertiary/aromatic N) is 2. The molecular formula is C24H27N5O6. The lowest BCUT2D eigenvalue weighted by molar-refractivity contribution is -0.139. The van der Waals surface area contributed by atoms with Crippen LogP contribution in [0.4, 0.5) is 0 Å². The van der Waals surface area contributed by atoms with E-state index in [-0.39, 0.29) is 25.4 Å². The van der Waals surface area contributed by atoms with Crippen molar-refractivity contribution in [2.45, 2.75) is 43.7 Å². The predicted molar refractivity (Wildman–Crippen MR) is 125 cm³/mol. The van der Waals surface area contributed by atoms with Crippen LogP contribution in [0.1, 0.15) is 54.3 Å². The highest BCUT2D eigenvalue weighted by atomic mass is 16.5. The van der Waals surface area contributed by atoms with Gasteiger partial charge < -0.3 is 30.8 Å². The van der Waals surface area contributed by atoms with Crippen LogP contribution in [-0.2, 0) is 24.7 Å². The molecule has 184 valence electrons. The molecule has 0 bridgehead atoms. The highest BCUT2D eigenvalue weighted by Crippen LogP contribution is 2.43. The zero-order valence-corrected chi connectivity index (χ0v) is 19.2. The standard InChI is InChI=1S/C24H27N5O6/c1-35-21(33)13-26-22(34)14-4-7-18-17(11-14)27-23(29(18)16-5-6-16)24(10-2-3-15(25)12-24)28-19(30)8-9-20(31)32/h2-4,7,11-12,16H,5-6,8-10,13,25H2,1H3,(H,26,34)(H,28,30)(H,31,32). The van der Waals surface area contributed by atoms with Crippen molar-refractivity contribution in [2.75, 3.05) is 13.7 Å². The Morgan fingerprint density at radius 2 is 2.03 bits per heavy atom. The number of aromatic nitrogens is 2. The number of allylic oxidation sites excluding steroid dienone is 1. The number of aliphatic carboxylic acids is 1. The molecule has 0 aliphatic heterocycles. The van der Waals surface area contributed by atoms with Gasteiger partial charge in [0.05, 0.1) is 24.6 Å². The number of esters is 1. The maximum absolute atomic E-state index is 12.7. The second-order valence-electron chi connectivity index (χ2n) is 8.66. The molecule has 11 heteroatoms. The number of hydrogen-bond acceptors (Lipinski definition) is 7. The summed E-state index contributed by atoms with van der Waals surface area (Å²) < 4.78 is 6.61. The first-order valence-electron chi connectivity index (χ1n) is 11.3. The SMILES string of the molecule is COC(=O)CNC(=O)c1ccc2c(c1)nc(C1(NC(=O)CCC(=O)O)C=C(N)C=CC1)n2C1CC1. The number of nitrogens with one attached hydrogen (secondary N) is 2. The van der Waals surface area contributed by atoms with Crippen molar-refractivity contribution >= 4 is 34.8 Å². The lowest BCUT2D eigenvalue weighted by atomic mass is 9.88. The summed E-state index contributed by atoms with van der Waals surface area (Å²) in [6.07, 6.45) is 7.12. The lowest BCUT2D eigenvalue weighted by Crippen LogP contribution is -2.47.